The molecule has 0 aromatic carbocycles. The van der Waals surface area contributed by atoms with E-state index in [4.69, 9.17) is 14.2 Å². The molecule has 0 spiro atoms. The van der Waals surface area contributed by atoms with Crippen molar-refractivity contribution in [2.45, 2.75) is 180 Å². The van der Waals surface area contributed by atoms with Gasteiger partial charge >= 0.3 is 17.9 Å². The fraction of sp³-hybridized carbons (Fsp3) is 0.756. The van der Waals surface area contributed by atoms with Crippen LogP contribution in [-0.2, 0) is 28.6 Å². The molecular formula is C45H80NO7+. The summed E-state index contributed by atoms with van der Waals surface area (Å²) in [5.74, 6) is -1.51. The summed E-state index contributed by atoms with van der Waals surface area (Å²) in [5.41, 5.74) is 0. The van der Waals surface area contributed by atoms with Crippen molar-refractivity contribution in [3.8, 4) is 0 Å². The molecule has 0 fully saturated rings. The molecule has 0 saturated heterocycles. The molecule has 0 saturated carbocycles. The first-order valence-corrected chi connectivity index (χ1v) is 21.2. The Balaban J connectivity index is 4.41. The van der Waals surface area contributed by atoms with E-state index in [2.05, 4.69) is 62.5 Å². The monoisotopic (exact) mass is 747 g/mol. The molecule has 1 N–H and O–H groups in total. The van der Waals surface area contributed by atoms with Crippen LogP contribution in [0, 0.1) is 0 Å². The SMILES string of the molecule is CC/C=C/C/C=C/C/C=C/CCCCCCC(=O)OC(COCCC(C(=O)O)[N+](C)(C)C)COC(=O)CCCCCCCCC/C=C/CCCCCC. The lowest BCUT2D eigenvalue weighted by Gasteiger charge is -2.31. The number of hydrogen-bond donors (Lipinski definition) is 1. The Morgan fingerprint density at radius 2 is 1.06 bits per heavy atom. The maximum absolute atomic E-state index is 12.7. The number of unbranched alkanes of at least 4 members (excludes halogenated alkanes) is 15. The highest BCUT2D eigenvalue weighted by atomic mass is 16.6. The minimum Gasteiger partial charge on any atom is -0.477 e. The van der Waals surface area contributed by atoms with E-state index in [-0.39, 0.29) is 36.2 Å². The van der Waals surface area contributed by atoms with Crippen LogP contribution in [0.3, 0.4) is 0 Å². The van der Waals surface area contributed by atoms with Crippen molar-refractivity contribution in [3.05, 3.63) is 48.6 Å². The number of esters is 2. The summed E-state index contributed by atoms with van der Waals surface area (Å²) < 4.78 is 17.2. The Kier molecular flexibility index (Phi) is 34.4. The number of rotatable bonds is 37. The van der Waals surface area contributed by atoms with E-state index in [1.807, 2.05) is 21.1 Å². The number of allylic oxidation sites excluding steroid dienone is 8. The van der Waals surface area contributed by atoms with E-state index in [1.165, 1.54) is 64.2 Å². The molecule has 0 aliphatic carbocycles. The molecule has 8 nitrogen and oxygen atoms in total. The van der Waals surface area contributed by atoms with Gasteiger partial charge in [0.05, 0.1) is 34.4 Å². The van der Waals surface area contributed by atoms with Gasteiger partial charge in [-0.3, -0.25) is 9.59 Å². The maximum atomic E-state index is 12.7. The summed E-state index contributed by atoms with van der Waals surface area (Å²) in [5, 5.41) is 9.60. The zero-order valence-corrected chi connectivity index (χ0v) is 34.7. The maximum Gasteiger partial charge on any atom is 0.362 e. The van der Waals surface area contributed by atoms with E-state index < -0.39 is 18.1 Å². The molecule has 0 aromatic rings. The van der Waals surface area contributed by atoms with Crippen LogP contribution in [0.5, 0.6) is 0 Å². The van der Waals surface area contributed by atoms with Gasteiger partial charge in [0.15, 0.2) is 12.1 Å². The molecule has 53 heavy (non-hydrogen) atoms. The fourth-order valence-electron chi connectivity index (χ4n) is 5.92. The van der Waals surface area contributed by atoms with Crippen molar-refractivity contribution in [2.24, 2.45) is 0 Å². The first kappa shape index (κ1) is 50.3. The van der Waals surface area contributed by atoms with Crippen LogP contribution in [0.1, 0.15) is 168 Å². The van der Waals surface area contributed by atoms with Gasteiger partial charge in [-0.25, -0.2) is 4.79 Å². The summed E-state index contributed by atoms with van der Waals surface area (Å²) in [7, 11) is 5.51. The normalized spacial score (nSPS) is 13.5. The predicted molar refractivity (Wildman–Crippen MR) is 220 cm³/mol. The molecule has 2 unspecified atom stereocenters. The van der Waals surface area contributed by atoms with Crippen LogP contribution < -0.4 is 0 Å². The van der Waals surface area contributed by atoms with Crippen LogP contribution in [-0.4, -0.2) is 80.6 Å². The van der Waals surface area contributed by atoms with E-state index in [9.17, 15) is 19.5 Å². The quantitative estimate of drug-likeness (QED) is 0.0292. The lowest BCUT2D eigenvalue weighted by molar-refractivity contribution is -0.887. The number of carboxylic acids is 1. The zero-order valence-electron chi connectivity index (χ0n) is 34.7. The highest BCUT2D eigenvalue weighted by molar-refractivity contribution is 5.72. The predicted octanol–water partition coefficient (Wildman–Crippen LogP) is 11.2. The summed E-state index contributed by atoms with van der Waals surface area (Å²) >= 11 is 0. The molecule has 0 amide bonds. The zero-order chi connectivity index (χ0) is 39.3. The number of carboxylic acid groups (broad SMARTS) is 1. The lowest BCUT2D eigenvalue weighted by Crippen LogP contribution is -2.50. The molecule has 0 radical (unpaired) electrons. The summed E-state index contributed by atoms with van der Waals surface area (Å²) in [6.07, 6.45) is 41.5. The number of quaternary nitrogens is 1. The Morgan fingerprint density at radius 1 is 0.585 bits per heavy atom. The molecular weight excluding hydrogens is 666 g/mol. The molecule has 0 aliphatic rings. The largest absolute Gasteiger partial charge is 0.477 e. The molecule has 0 aromatic heterocycles. The van der Waals surface area contributed by atoms with E-state index >= 15 is 0 Å². The average Bonchev–Trinajstić information content (AvgIpc) is 3.11. The van der Waals surface area contributed by atoms with Gasteiger partial charge in [-0.2, -0.15) is 0 Å². The van der Waals surface area contributed by atoms with Crippen molar-refractivity contribution in [2.75, 3.05) is 41.0 Å². The number of likely N-dealkylation sites (N-methyl/N-ethyl adjacent to an activating group) is 1. The van der Waals surface area contributed by atoms with E-state index in [0.29, 0.717) is 19.3 Å². The molecule has 0 aliphatic heterocycles. The smallest absolute Gasteiger partial charge is 0.362 e. The Hall–Kier alpha value is -2.71. The minimum absolute atomic E-state index is 0.0498. The summed E-state index contributed by atoms with van der Waals surface area (Å²) in [6, 6.07) is -0.619. The molecule has 0 rings (SSSR count). The first-order valence-electron chi connectivity index (χ1n) is 21.2. The number of carbonyl (C=O) groups is 3. The molecule has 0 bridgehead atoms. The fourth-order valence-corrected chi connectivity index (χ4v) is 5.92. The first-order chi connectivity index (χ1) is 25.6. The van der Waals surface area contributed by atoms with Gasteiger partial charge in [0.1, 0.15) is 6.61 Å². The molecule has 306 valence electrons. The number of ether oxygens (including phenoxy) is 3. The van der Waals surface area contributed by atoms with Crippen molar-refractivity contribution in [1.82, 2.24) is 0 Å². The summed E-state index contributed by atoms with van der Waals surface area (Å²) in [4.78, 5) is 36.9. The van der Waals surface area contributed by atoms with Gasteiger partial charge in [0.25, 0.3) is 0 Å². The highest BCUT2D eigenvalue weighted by Gasteiger charge is 2.31. The van der Waals surface area contributed by atoms with Crippen molar-refractivity contribution in [3.63, 3.8) is 0 Å². The van der Waals surface area contributed by atoms with E-state index in [1.54, 1.807) is 0 Å². The second-order valence-corrected chi connectivity index (χ2v) is 15.2. The van der Waals surface area contributed by atoms with Gasteiger partial charge in [0, 0.05) is 19.3 Å². The van der Waals surface area contributed by atoms with Crippen molar-refractivity contribution >= 4 is 17.9 Å². The molecule has 2 atom stereocenters. The van der Waals surface area contributed by atoms with Gasteiger partial charge in [-0.05, 0) is 70.6 Å². The van der Waals surface area contributed by atoms with Crippen LogP contribution in [0.15, 0.2) is 48.6 Å². The van der Waals surface area contributed by atoms with Crippen molar-refractivity contribution in [1.29, 1.82) is 0 Å². The Morgan fingerprint density at radius 3 is 1.58 bits per heavy atom. The third kappa shape index (κ3) is 34.8. The van der Waals surface area contributed by atoms with E-state index in [0.717, 1.165) is 70.6 Å². The number of aliphatic carboxylic acids is 1. The molecule has 8 heteroatoms. The molecule has 0 heterocycles. The number of carbonyl (C=O) groups excluding carboxylic acids is 2. The number of hydrogen-bond acceptors (Lipinski definition) is 6. The topological polar surface area (TPSA) is 99.1 Å². The standard InChI is InChI=1S/C45H79NO7/c1-6-8-10-12-14-16-18-20-22-24-25-27-29-31-33-35-43(47)52-40-41(39-51-38-37-42(45(49)50)46(3,4)5)53-44(48)36-34-32-30-28-26-23-21-19-17-15-13-11-9-7-2/h9,11,15-18,21,23,41-42H,6-8,10,12-14,19-20,22,24-40H2,1-5H3/p+1/b11-9+,17-15+,18-16+,23-21+. The number of nitrogens with zero attached hydrogens (tertiary/aromatic N) is 1. The Bertz CT molecular complexity index is 1010. The second-order valence-electron chi connectivity index (χ2n) is 15.2. The third-order valence-corrected chi connectivity index (χ3v) is 9.21. The highest BCUT2D eigenvalue weighted by Crippen LogP contribution is 2.13. The van der Waals surface area contributed by atoms with Gasteiger partial charge in [-0.15, -0.1) is 0 Å². The van der Waals surface area contributed by atoms with Gasteiger partial charge in [-0.1, -0.05) is 127 Å². The van der Waals surface area contributed by atoms with Crippen LogP contribution in [0.2, 0.25) is 0 Å². The lowest BCUT2D eigenvalue weighted by atomic mass is 10.1. The van der Waals surface area contributed by atoms with Crippen LogP contribution >= 0.6 is 0 Å². The van der Waals surface area contributed by atoms with Crippen LogP contribution in [0.4, 0.5) is 0 Å². The van der Waals surface area contributed by atoms with Gasteiger partial charge in [0.2, 0.25) is 0 Å². The average molecular weight is 747 g/mol. The second kappa shape index (κ2) is 36.3. The minimum atomic E-state index is -0.881. The summed E-state index contributed by atoms with van der Waals surface area (Å²) in [6.45, 7) is 4.57. The Labute approximate surface area is 325 Å². The van der Waals surface area contributed by atoms with Gasteiger partial charge < -0.3 is 23.8 Å². The van der Waals surface area contributed by atoms with Crippen LogP contribution in [0.25, 0.3) is 0 Å². The van der Waals surface area contributed by atoms with Crippen molar-refractivity contribution < 1.29 is 38.2 Å². The third-order valence-electron chi connectivity index (χ3n) is 9.21.